The van der Waals surface area contributed by atoms with Crippen LogP contribution in [0, 0.1) is 0 Å². The summed E-state index contributed by atoms with van der Waals surface area (Å²) in [6.07, 6.45) is 2.57. The topological polar surface area (TPSA) is 20.2 Å². The minimum absolute atomic E-state index is 0.173. The summed E-state index contributed by atoms with van der Waals surface area (Å²) in [5, 5.41) is 10.3. The number of hydrogen-bond donors (Lipinski definition) is 1. The maximum absolute atomic E-state index is 10.3. The van der Waals surface area contributed by atoms with Gasteiger partial charge in [0.2, 0.25) is 0 Å². The largest absolute Gasteiger partial charge is 0.388 e. The van der Waals surface area contributed by atoms with Crippen molar-refractivity contribution in [2.75, 3.05) is 0 Å². The van der Waals surface area contributed by atoms with Gasteiger partial charge in [0.05, 0.1) is 6.10 Å². The number of aliphatic hydroxyl groups is 1. The summed E-state index contributed by atoms with van der Waals surface area (Å²) in [6, 6.07) is 14.7. The highest BCUT2D eigenvalue weighted by Crippen LogP contribution is 2.33. The molecule has 0 aliphatic carbocycles. The Kier molecular flexibility index (Phi) is 5.00. The Hall–Kier alpha value is -1.12. The van der Waals surface area contributed by atoms with E-state index in [1.165, 1.54) is 10.4 Å². The third-order valence-corrected chi connectivity index (χ3v) is 5.09. The average molecular weight is 288 g/mol. The van der Waals surface area contributed by atoms with Crippen LogP contribution in [-0.2, 0) is 11.8 Å². The van der Waals surface area contributed by atoms with Gasteiger partial charge in [0.15, 0.2) is 0 Å². The first kappa shape index (κ1) is 15.3. The van der Waals surface area contributed by atoms with Gasteiger partial charge in [-0.1, -0.05) is 51.1 Å². The molecule has 1 aromatic carbocycles. The molecule has 2 rings (SSSR count). The molecule has 0 radical (unpaired) electrons. The van der Waals surface area contributed by atoms with E-state index in [2.05, 4.69) is 57.2 Å². The van der Waals surface area contributed by atoms with Crippen LogP contribution in [0.5, 0.6) is 0 Å². The van der Waals surface area contributed by atoms with Gasteiger partial charge in [-0.3, -0.25) is 0 Å². The number of thiophene rings is 1. The fourth-order valence-electron chi connectivity index (χ4n) is 2.22. The van der Waals surface area contributed by atoms with Gasteiger partial charge >= 0.3 is 0 Å². The monoisotopic (exact) mass is 288 g/mol. The van der Waals surface area contributed by atoms with E-state index in [0.717, 1.165) is 24.1 Å². The second-order valence-corrected chi connectivity index (χ2v) is 7.46. The zero-order valence-corrected chi connectivity index (χ0v) is 13.4. The van der Waals surface area contributed by atoms with Crippen molar-refractivity contribution in [3.63, 3.8) is 0 Å². The van der Waals surface area contributed by atoms with Crippen LogP contribution in [0.2, 0.25) is 0 Å². The molecule has 1 heterocycles. The van der Waals surface area contributed by atoms with E-state index < -0.39 is 0 Å². The van der Waals surface area contributed by atoms with Gasteiger partial charge in [-0.15, -0.1) is 11.3 Å². The van der Waals surface area contributed by atoms with Gasteiger partial charge in [0.25, 0.3) is 0 Å². The quantitative estimate of drug-likeness (QED) is 0.811. The lowest BCUT2D eigenvalue weighted by molar-refractivity contribution is 0.168. The molecule has 1 N–H and O–H groups in total. The average Bonchev–Trinajstić information content (AvgIpc) is 2.89. The lowest BCUT2D eigenvalue weighted by Gasteiger charge is -2.15. The molecule has 0 fully saturated rings. The van der Waals surface area contributed by atoms with E-state index in [0.29, 0.717) is 0 Å². The highest BCUT2D eigenvalue weighted by Gasteiger charge is 2.18. The minimum Gasteiger partial charge on any atom is -0.388 e. The van der Waals surface area contributed by atoms with E-state index in [9.17, 15) is 5.11 Å². The van der Waals surface area contributed by atoms with Crippen LogP contribution < -0.4 is 0 Å². The van der Waals surface area contributed by atoms with E-state index in [1.54, 1.807) is 11.3 Å². The maximum Gasteiger partial charge on any atom is 0.0882 e. The maximum atomic E-state index is 10.3. The summed E-state index contributed by atoms with van der Waals surface area (Å²) >= 11 is 1.74. The molecule has 1 unspecified atom stereocenters. The van der Waals surface area contributed by atoms with Crippen molar-refractivity contribution >= 4 is 11.3 Å². The van der Waals surface area contributed by atoms with Crippen molar-refractivity contribution in [3.05, 3.63) is 57.8 Å². The molecule has 1 atom stereocenters. The first-order chi connectivity index (χ1) is 9.47. The SMILES string of the molecule is CC(C)(C)c1ccc(C(O)CCCc2ccccc2)s1. The molecule has 2 heteroatoms. The minimum atomic E-state index is -0.320. The van der Waals surface area contributed by atoms with Crippen molar-refractivity contribution in [1.82, 2.24) is 0 Å². The van der Waals surface area contributed by atoms with E-state index in [4.69, 9.17) is 0 Å². The Morgan fingerprint density at radius 1 is 1.05 bits per heavy atom. The van der Waals surface area contributed by atoms with Crippen LogP contribution in [0.15, 0.2) is 42.5 Å². The Balaban J connectivity index is 1.86. The molecule has 108 valence electrons. The first-order valence-corrected chi connectivity index (χ1v) is 8.10. The molecule has 1 aromatic heterocycles. The number of aryl methyl sites for hydroxylation is 1. The predicted molar refractivity (Wildman–Crippen MR) is 87.4 cm³/mol. The zero-order valence-electron chi connectivity index (χ0n) is 12.6. The molecular weight excluding hydrogens is 264 g/mol. The Morgan fingerprint density at radius 3 is 2.35 bits per heavy atom. The molecule has 0 amide bonds. The molecule has 0 saturated carbocycles. The summed E-state index contributed by atoms with van der Waals surface area (Å²) in [7, 11) is 0. The summed E-state index contributed by atoms with van der Waals surface area (Å²) in [4.78, 5) is 2.44. The lowest BCUT2D eigenvalue weighted by atomic mass is 9.95. The van der Waals surface area contributed by atoms with Crippen molar-refractivity contribution < 1.29 is 5.11 Å². The number of aliphatic hydroxyl groups excluding tert-OH is 1. The smallest absolute Gasteiger partial charge is 0.0882 e. The van der Waals surface area contributed by atoms with Gasteiger partial charge in [-0.2, -0.15) is 0 Å². The second kappa shape index (κ2) is 6.55. The molecule has 0 bridgehead atoms. The molecule has 0 aliphatic rings. The van der Waals surface area contributed by atoms with Gasteiger partial charge in [-0.05, 0) is 42.4 Å². The third-order valence-electron chi connectivity index (χ3n) is 3.48. The predicted octanol–water partition coefficient (Wildman–Crippen LogP) is 5.10. The fourth-order valence-corrected chi connectivity index (χ4v) is 3.31. The van der Waals surface area contributed by atoms with Crippen LogP contribution >= 0.6 is 11.3 Å². The molecule has 0 saturated heterocycles. The fraction of sp³-hybridized carbons (Fsp3) is 0.444. The number of rotatable bonds is 5. The number of benzene rings is 1. The van der Waals surface area contributed by atoms with Crippen LogP contribution in [-0.4, -0.2) is 5.11 Å². The van der Waals surface area contributed by atoms with Crippen molar-refractivity contribution in [3.8, 4) is 0 Å². The van der Waals surface area contributed by atoms with Gasteiger partial charge in [-0.25, -0.2) is 0 Å². The number of hydrogen-bond acceptors (Lipinski definition) is 2. The highest BCUT2D eigenvalue weighted by molar-refractivity contribution is 7.12. The van der Waals surface area contributed by atoms with Gasteiger partial charge in [0.1, 0.15) is 0 Å². The summed E-state index contributed by atoms with van der Waals surface area (Å²) in [6.45, 7) is 6.64. The summed E-state index contributed by atoms with van der Waals surface area (Å²) < 4.78 is 0. The lowest BCUT2D eigenvalue weighted by Crippen LogP contribution is -2.07. The Bertz CT molecular complexity index is 522. The van der Waals surface area contributed by atoms with Gasteiger partial charge in [0, 0.05) is 9.75 Å². The summed E-state index contributed by atoms with van der Waals surface area (Å²) in [5.74, 6) is 0. The van der Waals surface area contributed by atoms with Crippen molar-refractivity contribution in [1.29, 1.82) is 0 Å². The van der Waals surface area contributed by atoms with E-state index in [-0.39, 0.29) is 11.5 Å². The molecule has 1 nitrogen and oxygen atoms in total. The normalized spacial score (nSPS) is 13.4. The van der Waals surface area contributed by atoms with E-state index >= 15 is 0 Å². The van der Waals surface area contributed by atoms with Crippen molar-refractivity contribution in [2.24, 2.45) is 0 Å². The third kappa shape index (κ3) is 4.19. The molecule has 0 aliphatic heterocycles. The van der Waals surface area contributed by atoms with Crippen LogP contribution in [0.1, 0.15) is 55.0 Å². The first-order valence-electron chi connectivity index (χ1n) is 7.29. The zero-order chi connectivity index (χ0) is 14.6. The van der Waals surface area contributed by atoms with Crippen molar-refractivity contribution in [2.45, 2.75) is 51.6 Å². The highest BCUT2D eigenvalue weighted by atomic mass is 32.1. The standard InChI is InChI=1S/C18H24OS/c1-18(2,3)17-13-12-16(20-17)15(19)11-7-10-14-8-5-4-6-9-14/h4-6,8-9,12-13,15,19H,7,10-11H2,1-3H3. The second-order valence-electron chi connectivity index (χ2n) is 6.35. The Labute approximate surface area is 126 Å². The molecule has 0 spiro atoms. The van der Waals surface area contributed by atoms with E-state index in [1.807, 2.05) is 6.07 Å². The summed E-state index contributed by atoms with van der Waals surface area (Å²) in [5.41, 5.74) is 1.52. The molecular formula is C18H24OS. The van der Waals surface area contributed by atoms with Crippen LogP contribution in [0.4, 0.5) is 0 Å². The van der Waals surface area contributed by atoms with Crippen LogP contribution in [0.25, 0.3) is 0 Å². The van der Waals surface area contributed by atoms with Crippen LogP contribution in [0.3, 0.4) is 0 Å². The molecule has 20 heavy (non-hydrogen) atoms. The van der Waals surface area contributed by atoms with Gasteiger partial charge < -0.3 is 5.11 Å². The Morgan fingerprint density at radius 2 is 1.75 bits per heavy atom. The molecule has 2 aromatic rings.